The molecule has 0 aliphatic rings. The summed E-state index contributed by atoms with van der Waals surface area (Å²) in [5.41, 5.74) is -0.00638. The summed E-state index contributed by atoms with van der Waals surface area (Å²) in [7, 11) is 0. The Hall–Kier alpha value is -1.09. The van der Waals surface area contributed by atoms with E-state index < -0.39 is 11.7 Å². The summed E-state index contributed by atoms with van der Waals surface area (Å²) in [6.07, 6.45) is 0.855. The third-order valence-electron chi connectivity index (χ3n) is 2.38. The SMILES string of the molecule is CC(C)CC(C)NC(=O)c1cc(Cl)ccc1F. The van der Waals surface area contributed by atoms with Crippen molar-refractivity contribution in [2.75, 3.05) is 0 Å². The van der Waals surface area contributed by atoms with Gasteiger partial charge in [0.1, 0.15) is 5.82 Å². The molecule has 1 aromatic carbocycles. The Bertz CT molecular complexity index is 406. The van der Waals surface area contributed by atoms with Crippen LogP contribution in [0.25, 0.3) is 0 Å². The summed E-state index contributed by atoms with van der Waals surface area (Å²) >= 11 is 5.74. The van der Waals surface area contributed by atoms with Crippen molar-refractivity contribution in [3.8, 4) is 0 Å². The predicted molar refractivity (Wildman–Crippen MR) is 67.8 cm³/mol. The summed E-state index contributed by atoms with van der Waals surface area (Å²) < 4.78 is 13.4. The number of halogens is 2. The Labute approximate surface area is 106 Å². The molecule has 1 unspecified atom stereocenters. The molecule has 1 N–H and O–H groups in total. The van der Waals surface area contributed by atoms with Crippen LogP contribution in [0.15, 0.2) is 18.2 Å². The Balaban J connectivity index is 2.73. The van der Waals surface area contributed by atoms with Gasteiger partial charge in [0.05, 0.1) is 5.56 Å². The zero-order chi connectivity index (χ0) is 13.0. The van der Waals surface area contributed by atoms with Gasteiger partial charge in [-0.1, -0.05) is 25.4 Å². The normalized spacial score (nSPS) is 12.6. The fraction of sp³-hybridized carbons (Fsp3) is 0.462. The lowest BCUT2D eigenvalue weighted by molar-refractivity contribution is 0.0932. The standard InChI is InChI=1S/C13H17ClFNO/c1-8(2)6-9(3)16-13(17)11-7-10(14)4-5-12(11)15/h4-5,7-9H,6H2,1-3H3,(H,16,17). The first-order valence-electron chi connectivity index (χ1n) is 5.66. The van der Waals surface area contributed by atoms with Crippen LogP contribution in [0.4, 0.5) is 4.39 Å². The highest BCUT2D eigenvalue weighted by Crippen LogP contribution is 2.15. The molecule has 0 radical (unpaired) electrons. The van der Waals surface area contributed by atoms with Crippen molar-refractivity contribution in [1.82, 2.24) is 5.32 Å². The maximum absolute atomic E-state index is 13.4. The molecule has 1 atom stereocenters. The number of hydrogen-bond acceptors (Lipinski definition) is 1. The molecule has 4 heteroatoms. The maximum atomic E-state index is 13.4. The molecular weight excluding hydrogens is 241 g/mol. The van der Waals surface area contributed by atoms with E-state index in [1.165, 1.54) is 18.2 Å². The molecule has 1 aromatic rings. The lowest BCUT2D eigenvalue weighted by Gasteiger charge is -2.16. The van der Waals surface area contributed by atoms with Crippen LogP contribution in [-0.2, 0) is 0 Å². The molecule has 0 bridgehead atoms. The van der Waals surface area contributed by atoms with Crippen LogP contribution in [0, 0.1) is 11.7 Å². The monoisotopic (exact) mass is 257 g/mol. The van der Waals surface area contributed by atoms with Crippen molar-refractivity contribution in [2.24, 2.45) is 5.92 Å². The Morgan fingerprint density at radius 1 is 1.41 bits per heavy atom. The van der Waals surface area contributed by atoms with E-state index in [2.05, 4.69) is 19.2 Å². The van der Waals surface area contributed by atoms with E-state index in [-0.39, 0.29) is 11.6 Å². The topological polar surface area (TPSA) is 29.1 Å². The number of carbonyl (C=O) groups excluding carboxylic acids is 1. The molecule has 1 rings (SSSR count). The van der Waals surface area contributed by atoms with Gasteiger partial charge in [0.25, 0.3) is 5.91 Å². The molecular formula is C13H17ClFNO. The molecule has 0 aliphatic heterocycles. The molecule has 0 spiro atoms. The van der Waals surface area contributed by atoms with Crippen molar-refractivity contribution in [3.05, 3.63) is 34.6 Å². The van der Waals surface area contributed by atoms with Gasteiger partial charge in [-0.15, -0.1) is 0 Å². The van der Waals surface area contributed by atoms with E-state index in [4.69, 9.17) is 11.6 Å². The third kappa shape index (κ3) is 4.35. The number of nitrogens with one attached hydrogen (secondary N) is 1. The second kappa shape index (κ2) is 6.01. The Kier molecular flexibility index (Phi) is 4.94. The minimum atomic E-state index is -0.552. The number of benzene rings is 1. The molecule has 0 saturated carbocycles. The minimum absolute atomic E-state index is 0.00638. The highest BCUT2D eigenvalue weighted by molar-refractivity contribution is 6.30. The van der Waals surface area contributed by atoms with Crippen LogP contribution >= 0.6 is 11.6 Å². The average molecular weight is 258 g/mol. The summed E-state index contributed by atoms with van der Waals surface area (Å²) in [4.78, 5) is 11.8. The number of hydrogen-bond donors (Lipinski definition) is 1. The van der Waals surface area contributed by atoms with Gasteiger partial charge >= 0.3 is 0 Å². The minimum Gasteiger partial charge on any atom is -0.349 e. The Morgan fingerprint density at radius 2 is 2.06 bits per heavy atom. The lowest BCUT2D eigenvalue weighted by Crippen LogP contribution is -2.34. The summed E-state index contributed by atoms with van der Waals surface area (Å²) in [5.74, 6) is -0.490. The van der Waals surface area contributed by atoms with Crippen molar-refractivity contribution >= 4 is 17.5 Å². The van der Waals surface area contributed by atoms with Crippen molar-refractivity contribution in [3.63, 3.8) is 0 Å². The molecule has 0 saturated heterocycles. The van der Waals surface area contributed by atoms with Crippen LogP contribution in [0.5, 0.6) is 0 Å². The van der Waals surface area contributed by atoms with Crippen molar-refractivity contribution in [1.29, 1.82) is 0 Å². The molecule has 2 nitrogen and oxygen atoms in total. The number of rotatable bonds is 4. The van der Waals surface area contributed by atoms with Crippen molar-refractivity contribution in [2.45, 2.75) is 33.2 Å². The molecule has 0 aromatic heterocycles. The van der Waals surface area contributed by atoms with Crippen LogP contribution in [0.3, 0.4) is 0 Å². The predicted octanol–water partition coefficient (Wildman–Crippen LogP) is 3.64. The van der Waals surface area contributed by atoms with Gasteiger partial charge < -0.3 is 5.32 Å². The molecule has 94 valence electrons. The first-order valence-corrected chi connectivity index (χ1v) is 6.04. The van der Waals surface area contributed by atoms with Gasteiger partial charge in [0.2, 0.25) is 0 Å². The zero-order valence-electron chi connectivity index (χ0n) is 10.3. The van der Waals surface area contributed by atoms with Gasteiger partial charge in [-0.05, 0) is 37.5 Å². The van der Waals surface area contributed by atoms with Gasteiger partial charge in [-0.2, -0.15) is 0 Å². The lowest BCUT2D eigenvalue weighted by atomic mass is 10.0. The van der Waals surface area contributed by atoms with Crippen LogP contribution in [0.1, 0.15) is 37.6 Å². The fourth-order valence-corrected chi connectivity index (χ4v) is 1.91. The van der Waals surface area contributed by atoms with Gasteiger partial charge in [0.15, 0.2) is 0 Å². The summed E-state index contributed by atoms with van der Waals surface area (Å²) in [5, 5.41) is 3.11. The van der Waals surface area contributed by atoms with Gasteiger partial charge in [-0.3, -0.25) is 4.79 Å². The maximum Gasteiger partial charge on any atom is 0.254 e. The molecule has 0 aliphatic carbocycles. The molecule has 0 fully saturated rings. The number of carbonyl (C=O) groups is 1. The van der Waals surface area contributed by atoms with Crippen LogP contribution < -0.4 is 5.32 Å². The third-order valence-corrected chi connectivity index (χ3v) is 2.61. The first kappa shape index (κ1) is 14.0. The smallest absolute Gasteiger partial charge is 0.254 e. The van der Waals surface area contributed by atoms with Crippen LogP contribution in [0.2, 0.25) is 5.02 Å². The highest BCUT2D eigenvalue weighted by Gasteiger charge is 2.15. The van der Waals surface area contributed by atoms with Gasteiger partial charge in [-0.25, -0.2) is 4.39 Å². The second-order valence-electron chi connectivity index (χ2n) is 4.63. The highest BCUT2D eigenvalue weighted by atomic mass is 35.5. The Morgan fingerprint density at radius 3 is 2.65 bits per heavy atom. The summed E-state index contributed by atoms with van der Waals surface area (Å²) in [6, 6.07) is 3.98. The van der Waals surface area contributed by atoms with E-state index in [1.54, 1.807) is 0 Å². The zero-order valence-corrected chi connectivity index (χ0v) is 11.0. The van der Waals surface area contributed by atoms with E-state index in [1.807, 2.05) is 6.92 Å². The first-order chi connectivity index (χ1) is 7.90. The summed E-state index contributed by atoms with van der Waals surface area (Å²) in [6.45, 7) is 6.05. The van der Waals surface area contributed by atoms with Gasteiger partial charge in [0, 0.05) is 11.1 Å². The van der Waals surface area contributed by atoms with Crippen molar-refractivity contribution < 1.29 is 9.18 Å². The van der Waals surface area contributed by atoms with Crippen LogP contribution in [-0.4, -0.2) is 11.9 Å². The quantitative estimate of drug-likeness (QED) is 0.877. The number of amides is 1. The second-order valence-corrected chi connectivity index (χ2v) is 5.06. The van der Waals surface area contributed by atoms with E-state index in [0.717, 1.165) is 6.42 Å². The fourth-order valence-electron chi connectivity index (χ4n) is 1.74. The molecule has 17 heavy (non-hydrogen) atoms. The van der Waals surface area contributed by atoms with E-state index in [0.29, 0.717) is 10.9 Å². The molecule has 0 heterocycles. The molecule has 1 amide bonds. The van der Waals surface area contributed by atoms with E-state index in [9.17, 15) is 9.18 Å². The largest absolute Gasteiger partial charge is 0.349 e. The average Bonchev–Trinajstić information content (AvgIpc) is 2.20. The van der Waals surface area contributed by atoms with E-state index >= 15 is 0 Å².